The van der Waals surface area contributed by atoms with Gasteiger partial charge >= 0.3 is 15.6 Å². The summed E-state index contributed by atoms with van der Waals surface area (Å²) in [7, 11) is -5.88. The predicted octanol–water partition coefficient (Wildman–Crippen LogP) is 4.89. The molecule has 11 heteroatoms. The summed E-state index contributed by atoms with van der Waals surface area (Å²) in [5.74, 6) is -0.851. The number of hydrogen-bond donors (Lipinski definition) is 0. The van der Waals surface area contributed by atoms with E-state index in [1.54, 1.807) is 6.26 Å². The third kappa shape index (κ3) is 4.03. The Labute approximate surface area is 180 Å². The van der Waals surface area contributed by atoms with Crippen molar-refractivity contribution in [3.8, 4) is 11.8 Å². The van der Waals surface area contributed by atoms with Crippen molar-refractivity contribution < 1.29 is 30.5 Å². The number of hydrogen-bond acceptors (Lipinski definition) is 7. The van der Waals surface area contributed by atoms with E-state index in [1.807, 2.05) is 49.4 Å². The van der Waals surface area contributed by atoms with Crippen LogP contribution < -0.4 is 8.92 Å². The third-order valence-corrected chi connectivity index (χ3v) is 6.47. The summed E-state index contributed by atoms with van der Waals surface area (Å²) >= 11 is 1.03. The number of thioether (sulfide) groups is 1. The van der Waals surface area contributed by atoms with Crippen LogP contribution in [0.25, 0.3) is 10.8 Å². The Bertz CT molecular complexity index is 1240. The van der Waals surface area contributed by atoms with E-state index in [0.717, 1.165) is 28.1 Å². The van der Waals surface area contributed by atoms with E-state index in [2.05, 4.69) is 14.2 Å². The molecular weight excluding hydrogens is 453 g/mol. The van der Waals surface area contributed by atoms with Crippen molar-refractivity contribution in [2.45, 2.75) is 30.1 Å². The average Bonchev–Trinajstić information content (AvgIpc) is 2.72. The molecule has 2 atom stereocenters. The third-order valence-electron chi connectivity index (χ3n) is 4.98. The van der Waals surface area contributed by atoms with Crippen LogP contribution in [0.2, 0.25) is 0 Å². The zero-order valence-electron chi connectivity index (χ0n) is 16.4. The fourth-order valence-electron chi connectivity index (χ4n) is 3.54. The lowest BCUT2D eigenvalue weighted by Crippen LogP contribution is -2.30. The Kier molecular flexibility index (Phi) is 5.50. The van der Waals surface area contributed by atoms with Gasteiger partial charge in [-0.1, -0.05) is 61.2 Å². The molecule has 1 aliphatic heterocycles. The molecule has 2 aromatic carbocycles. The minimum Gasteiger partial charge on any atom is -0.469 e. The van der Waals surface area contributed by atoms with Crippen LogP contribution in [0.3, 0.4) is 0 Å². The largest absolute Gasteiger partial charge is 0.534 e. The fourth-order valence-corrected chi connectivity index (χ4v) is 4.33. The van der Waals surface area contributed by atoms with E-state index in [1.165, 1.54) is 0 Å². The van der Waals surface area contributed by atoms with Gasteiger partial charge < -0.3 is 8.92 Å². The molecule has 164 valence electrons. The van der Waals surface area contributed by atoms with Gasteiger partial charge in [0.25, 0.3) is 0 Å². The summed E-state index contributed by atoms with van der Waals surface area (Å²) in [5.41, 5.74) is -4.57. The average molecular weight is 470 g/mol. The van der Waals surface area contributed by atoms with Crippen LogP contribution in [0, 0.1) is 5.92 Å². The second kappa shape index (κ2) is 7.86. The summed E-state index contributed by atoms with van der Waals surface area (Å²) in [6, 6.07) is 13.6. The zero-order chi connectivity index (χ0) is 22.4. The lowest BCUT2D eigenvalue weighted by atomic mass is 9.87. The lowest BCUT2D eigenvalue weighted by molar-refractivity contribution is -0.0502. The molecule has 0 N–H and O–H groups in total. The van der Waals surface area contributed by atoms with Gasteiger partial charge in [-0.25, -0.2) is 0 Å². The molecule has 1 aliphatic rings. The van der Waals surface area contributed by atoms with Crippen LogP contribution >= 0.6 is 11.8 Å². The molecule has 0 radical (unpaired) electrons. The molecule has 0 amide bonds. The first kappa shape index (κ1) is 21.7. The fraction of sp³-hybridized carbons (Fsp3) is 0.300. The Morgan fingerprint density at radius 2 is 1.84 bits per heavy atom. The van der Waals surface area contributed by atoms with E-state index in [0.29, 0.717) is 0 Å². The predicted molar refractivity (Wildman–Crippen MR) is 110 cm³/mol. The Morgan fingerprint density at radius 3 is 2.55 bits per heavy atom. The number of rotatable bonds is 4. The quantitative estimate of drug-likeness (QED) is 0.232. The van der Waals surface area contributed by atoms with Gasteiger partial charge in [0, 0.05) is 11.5 Å². The van der Waals surface area contributed by atoms with Crippen molar-refractivity contribution in [2.75, 3.05) is 6.26 Å². The van der Waals surface area contributed by atoms with E-state index >= 15 is 0 Å². The normalized spacial score (nSPS) is 19.0. The Morgan fingerprint density at radius 1 is 1.13 bits per heavy atom. The van der Waals surface area contributed by atoms with Gasteiger partial charge in [0.05, 0.1) is 5.56 Å². The highest BCUT2D eigenvalue weighted by molar-refractivity contribution is 7.98. The molecule has 0 saturated heterocycles. The topological polar surface area (TPSA) is 78.4 Å². The van der Waals surface area contributed by atoms with E-state index in [-0.39, 0.29) is 28.9 Å². The molecule has 0 aliphatic carbocycles. The number of benzene rings is 2. The number of nitrogens with zero attached hydrogens (tertiary/aromatic N) is 2. The van der Waals surface area contributed by atoms with Crippen LogP contribution in [0.4, 0.5) is 13.2 Å². The van der Waals surface area contributed by atoms with Crippen LogP contribution in [0.5, 0.6) is 11.8 Å². The maximum absolute atomic E-state index is 12.8. The van der Waals surface area contributed by atoms with Gasteiger partial charge in [0.2, 0.25) is 11.8 Å². The maximum Gasteiger partial charge on any atom is 0.534 e. The number of ether oxygens (including phenoxy) is 1. The summed E-state index contributed by atoms with van der Waals surface area (Å²) in [6.07, 6.45) is 1.35. The van der Waals surface area contributed by atoms with Gasteiger partial charge in [0.1, 0.15) is 6.10 Å². The second-order valence-corrected chi connectivity index (χ2v) is 9.38. The standard InChI is InChI=1S/C20H17F3N2O4S2/c1-11-10-15-17(24-19(30-2)25-18(15)29-31(26,27)20(21,22)23)28-16(11)14-9-5-7-12-6-3-4-8-13(12)14/h3-9,11,16H,10H2,1-2H3. The molecule has 2 unspecified atom stereocenters. The summed E-state index contributed by atoms with van der Waals surface area (Å²) in [6.45, 7) is 1.86. The highest BCUT2D eigenvalue weighted by Crippen LogP contribution is 2.43. The molecule has 4 rings (SSSR count). The van der Waals surface area contributed by atoms with Gasteiger partial charge in [-0.2, -0.15) is 31.6 Å². The Hall–Kier alpha value is -2.53. The van der Waals surface area contributed by atoms with Crippen molar-refractivity contribution in [3.63, 3.8) is 0 Å². The number of aromatic nitrogens is 2. The lowest BCUT2D eigenvalue weighted by Gasteiger charge is -2.32. The monoisotopic (exact) mass is 470 g/mol. The van der Waals surface area contributed by atoms with Gasteiger partial charge in [-0.3, -0.25) is 0 Å². The zero-order valence-corrected chi connectivity index (χ0v) is 18.0. The number of fused-ring (bicyclic) bond motifs is 2. The minimum atomic E-state index is -5.88. The highest BCUT2D eigenvalue weighted by atomic mass is 32.2. The summed E-state index contributed by atoms with van der Waals surface area (Å²) in [5, 5.41) is 2.05. The van der Waals surface area contributed by atoms with Crippen LogP contribution in [0.1, 0.15) is 24.2 Å². The molecule has 0 fully saturated rings. The minimum absolute atomic E-state index is 0.0164. The van der Waals surface area contributed by atoms with Gasteiger partial charge in [-0.05, 0) is 23.4 Å². The smallest absolute Gasteiger partial charge is 0.469 e. The molecule has 3 aromatic rings. The van der Waals surface area contributed by atoms with Crippen LogP contribution in [0.15, 0.2) is 47.6 Å². The van der Waals surface area contributed by atoms with E-state index < -0.39 is 27.6 Å². The first-order chi connectivity index (χ1) is 14.6. The van der Waals surface area contributed by atoms with Crippen molar-refractivity contribution in [1.82, 2.24) is 9.97 Å². The maximum atomic E-state index is 12.8. The van der Waals surface area contributed by atoms with Crippen molar-refractivity contribution >= 4 is 32.7 Å². The molecule has 0 bridgehead atoms. The van der Waals surface area contributed by atoms with Crippen LogP contribution in [-0.2, 0) is 16.5 Å². The number of halogens is 3. The first-order valence-corrected chi connectivity index (χ1v) is 11.8. The van der Waals surface area contributed by atoms with Crippen molar-refractivity contribution in [2.24, 2.45) is 5.92 Å². The molecule has 2 heterocycles. The Balaban J connectivity index is 1.78. The highest BCUT2D eigenvalue weighted by Gasteiger charge is 2.49. The summed E-state index contributed by atoms with van der Waals surface area (Å²) in [4.78, 5) is 8.10. The molecule has 6 nitrogen and oxygen atoms in total. The van der Waals surface area contributed by atoms with E-state index in [4.69, 9.17) is 4.74 Å². The first-order valence-electron chi connectivity index (χ1n) is 9.20. The van der Waals surface area contributed by atoms with Gasteiger partial charge in [-0.15, -0.1) is 0 Å². The SMILES string of the molecule is CSc1nc2c(c(OS(=O)(=O)C(F)(F)F)n1)CC(C)C(c1cccc3ccccc13)O2. The molecule has 1 aromatic heterocycles. The summed E-state index contributed by atoms with van der Waals surface area (Å²) < 4.78 is 72.1. The van der Waals surface area contributed by atoms with Crippen molar-refractivity contribution in [3.05, 3.63) is 53.6 Å². The second-order valence-electron chi connectivity index (χ2n) is 7.07. The van der Waals surface area contributed by atoms with Gasteiger partial charge in [0.15, 0.2) is 5.16 Å². The molecular formula is C20H17F3N2O4S2. The number of alkyl halides is 3. The van der Waals surface area contributed by atoms with Crippen LogP contribution in [-0.4, -0.2) is 30.1 Å². The molecule has 31 heavy (non-hydrogen) atoms. The van der Waals surface area contributed by atoms with Crippen molar-refractivity contribution in [1.29, 1.82) is 0 Å². The van der Waals surface area contributed by atoms with E-state index in [9.17, 15) is 21.6 Å². The molecule has 0 saturated carbocycles. The molecule has 0 spiro atoms.